The molecule has 0 aliphatic rings. The number of hydrogen-bond acceptors (Lipinski definition) is 3. The molecule has 168 valence electrons. The van der Waals surface area contributed by atoms with Gasteiger partial charge in [-0.05, 0) is 45.4 Å². The van der Waals surface area contributed by atoms with Gasteiger partial charge in [0.05, 0.1) is 11.4 Å². The zero-order valence-electron chi connectivity index (χ0n) is 18.7. The summed E-state index contributed by atoms with van der Waals surface area (Å²) >= 11 is 0. The lowest BCUT2D eigenvalue weighted by atomic mass is 10.2. The highest BCUT2D eigenvalue weighted by Gasteiger charge is 2.19. The maximum atomic E-state index is 14.2. The predicted molar refractivity (Wildman–Crippen MR) is 123 cm³/mol. The van der Waals surface area contributed by atoms with Crippen molar-refractivity contribution < 1.29 is 14.0 Å². The first-order valence-electron chi connectivity index (χ1n) is 10.5. The molecule has 0 aliphatic carbocycles. The zero-order valence-corrected chi connectivity index (χ0v) is 18.7. The van der Waals surface area contributed by atoms with Crippen LogP contribution in [0.2, 0.25) is 0 Å². The van der Waals surface area contributed by atoms with Crippen LogP contribution >= 0.6 is 0 Å². The number of aromatic nitrogens is 2. The first-order valence-corrected chi connectivity index (χ1v) is 10.5. The van der Waals surface area contributed by atoms with Gasteiger partial charge in [-0.25, -0.2) is 14.2 Å². The van der Waals surface area contributed by atoms with Gasteiger partial charge in [0.25, 0.3) is 0 Å². The number of imidazole rings is 1. The molecule has 0 saturated carbocycles. The topological polar surface area (TPSA) is 79.3 Å². The van der Waals surface area contributed by atoms with Crippen molar-refractivity contribution in [3.05, 3.63) is 66.1 Å². The molecule has 0 fully saturated rings. The highest BCUT2D eigenvalue weighted by molar-refractivity contribution is 5.93. The number of benzene rings is 2. The number of rotatable bonds is 7. The van der Waals surface area contributed by atoms with Crippen molar-refractivity contribution in [2.45, 2.75) is 33.7 Å². The van der Waals surface area contributed by atoms with E-state index in [9.17, 15) is 14.0 Å². The number of anilines is 1. The average molecular weight is 438 g/mol. The van der Waals surface area contributed by atoms with Crippen molar-refractivity contribution in [1.29, 1.82) is 0 Å². The summed E-state index contributed by atoms with van der Waals surface area (Å²) in [5.41, 5.74) is 2.55. The third kappa shape index (κ3) is 5.51. The number of amides is 3. The molecule has 32 heavy (non-hydrogen) atoms. The molecular formula is C24H28FN5O2. The molecule has 0 saturated heterocycles. The molecule has 0 unspecified atom stereocenters. The lowest BCUT2D eigenvalue weighted by molar-refractivity contribution is -0.116. The van der Waals surface area contributed by atoms with E-state index in [1.165, 1.54) is 11.0 Å². The average Bonchev–Trinajstić information content (AvgIpc) is 3.17. The Bertz CT molecular complexity index is 1100. The number of carbonyl (C=O) groups is 2. The number of nitrogens with one attached hydrogen (secondary N) is 2. The second-order valence-electron chi connectivity index (χ2n) is 7.79. The largest absolute Gasteiger partial charge is 0.336 e. The molecular weight excluding hydrogens is 409 g/mol. The minimum absolute atomic E-state index is 0.0385. The Morgan fingerprint density at radius 1 is 1.16 bits per heavy atom. The van der Waals surface area contributed by atoms with Crippen LogP contribution in [0.5, 0.6) is 0 Å². The minimum Gasteiger partial charge on any atom is -0.336 e. The Balaban J connectivity index is 1.90. The summed E-state index contributed by atoms with van der Waals surface area (Å²) in [6.07, 6.45) is 1.75. The molecule has 3 rings (SSSR count). The van der Waals surface area contributed by atoms with Crippen molar-refractivity contribution >= 4 is 17.9 Å². The van der Waals surface area contributed by atoms with E-state index in [2.05, 4.69) is 15.6 Å². The Morgan fingerprint density at radius 2 is 1.88 bits per heavy atom. The Morgan fingerprint density at radius 3 is 2.50 bits per heavy atom. The van der Waals surface area contributed by atoms with E-state index >= 15 is 0 Å². The predicted octanol–water partition coefficient (Wildman–Crippen LogP) is 4.37. The molecule has 3 aromatic rings. The van der Waals surface area contributed by atoms with Gasteiger partial charge >= 0.3 is 6.03 Å². The van der Waals surface area contributed by atoms with Crippen LogP contribution in [-0.4, -0.2) is 45.5 Å². The maximum absolute atomic E-state index is 14.2. The molecule has 3 amide bonds. The standard InChI is InChI=1S/C24H28FN5O2/c1-5-29(24(32)26-16(2)3)15-22(31)28-23-27-21(18-9-7-6-8-10-18)14-30(23)19-12-11-17(4)20(25)13-19/h6-14,16H,5,15H2,1-4H3,(H,26,32)(H,27,28,31). The smallest absolute Gasteiger partial charge is 0.318 e. The van der Waals surface area contributed by atoms with Gasteiger partial charge < -0.3 is 10.2 Å². The summed E-state index contributed by atoms with van der Waals surface area (Å²) < 4.78 is 15.9. The van der Waals surface area contributed by atoms with Crippen LogP contribution in [-0.2, 0) is 4.79 Å². The highest BCUT2D eigenvalue weighted by Crippen LogP contribution is 2.25. The fraction of sp³-hybridized carbons (Fsp3) is 0.292. The highest BCUT2D eigenvalue weighted by atomic mass is 19.1. The monoisotopic (exact) mass is 437 g/mol. The number of halogens is 1. The number of aryl methyl sites for hydroxylation is 1. The summed E-state index contributed by atoms with van der Waals surface area (Å²) in [5.74, 6) is -0.500. The van der Waals surface area contributed by atoms with Crippen molar-refractivity contribution in [3.8, 4) is 16.9 Å². The van der Waals surface area contributed by atoms with Crippen LogP contribution < -0.4 is 10.6 Å². The van der Waals surface area contributed by atoms with Gasteiger partial charge in [0, 0.05) is 24.3 Å². The summed E-state index contributed by atoms with van der Waals surface area (Å²) in [4.78, 5) is 31.0. The van der Waals surface area contributed by atoms with Gasteiger partial charge in [0.15, 0.2) is 0 Å². The minimum atomic E-state index is -0.398. The number of hydrogen-bond donors (Lipinski definition) is 2. The molecule has 0 radical (unpaired) electrons. The van der Waals surface area contributed by atoms with Gasteiger partial charge in [-0.2, -0.15) is 0 Å². The van der Waals surface area contributed by atoms with E-state index in [0.29, 0.717) is 23.5 Å². The molecule has 1 aromatic heterocycles. The summed E-state index contributed by atoms with van der Waals surface area (Å²) in [6, 6.07) is 14.0. The molecule has 7 nitrogen and oxygen atoms in total. The molecule has 0 spiro atoms. The Hall–Kier alpha value is -3.68. The van der Waals surface area contributed by atoms with Gasteiger partial charge in [-0.15, -0.1) is 0 Å². The summed E-state index contributed by atoms with van der Waals surface area (Å²) in [6.45, 7) is 7.44. The van der Waals surface area contributed by atoms with E-state index < -0.39 is 5.91 Å². The van der Waals surface area contributed by atoms with E-state index in [-0.39, 0.29) is 30.4 Å². The quantitative estimate of drug-likeness (QED) is 0.576. The van der Waals surface area contributed by atoms with E-state index in [4.69, 9.17) is 0 Å². The van der Waals surface area contributed by atoms with Crippen LogP contribution in [0.1, 0.15) is 26.3 Å². The van der Waals surface area contributed by atoms with Crippen LogP contribution in [0.4, 0.5) is 15.1 Å². The Labute approximate surface area is 187 Å². The molecule has 1 heterocycles. The molecule has 0 aliphatic heterocycles. The van der Waals surface area contributed by atoms with Crippen LogP contribution in [0.15, 0.2) is 54.7 Å². The summed E-state index contributed by atoms with van der Waals surface area (Å²) in [7, 11) is 0. The fourth-order valence-electron chi connectivity index (χ4n) is 3.15. The van der Waals surface area contributed by atoms with Crippen molar-refractivity contribution in [3.63, 3.8) is 0 Å². The van der Waals surface area contributed by atoms with E-state index in [1.807, 2.05) is 44.2 Å². The van der Waals surface area contributed by atoms with Gasteiger partial charge in [0.1, 0.15) is 12.4 Å². The number of urea groups is 1. The zero-order chi connectivity index (χ0) is 23.3. The molecule has 2 N–H and O–H groups in total. The number of carbonyl (C=O) groups excluding carboxylic acids is 2. The molecule has 0 bridgehead atoms. The second-order valence-corrected chi connectivity index (χ2v) is 7.79. The number of likely N-dealkylation sites (N-methyl/N-ethyl adjacent to an activating group) is 1. The third-order valence-corrected chi connectivity index (χ3v) is 4.88. The molecule has 2 aromatic carbocycles. The maximum Gasteiger partial charge on any atom is 0.318 e. The summed E-state index contributed by atoms with van der Waals surface area (Å²) in [5, 5.41) is 5.56. The third-order valence-electron chi connectivity index (χ3n) is 4.88. The van der Waals surface area contributed by atoms with Gasteiger partial charge in [-0.1, -0.05) is 36.4 Å². The lowest BCUT2D eigenvalue weighted by Gasteiger charge is -2.22. The first-order chi connectivity index (χ1) is 15.3. The van der Waals surface area contributed by atoms with Crippen molar-refractivity contribution in [1.82, 2.24) is 19.8 Å². The van der Waals surface area contributed by atoms with E-state index in [0.717, 1.165) is 5.56 Å². The fourth-order valence-corrected chi connectivity index (χ4v) is 3.15. The normalized spacial score (nSPS) is 10.8. The van der Waals surface area contributed by atoms with Crippen molar-refractivity contribution in [2.75, 3.05) is 18.4 Å². The number of nitrogens with zero attached hydrogens (tertiary/aromatic N) is 3. The lowest BCUT2D eigenvalue weighted by Crippen LogP contribution is -2.46. The Kier molecular flexibility index (Phi) is 7.25. The molecule has 0 atom stereocenters. The van der Waals surface area contributed by atoms with Gasteiger partial charge in [-0.3, -0.25) is 14.7 Å². The van der Waals surface area contributed by atoms with Gasteiger partial charge in [0.2, 0.25) is 11.9 Å². The van der Waals surface area contributed by atoms with Crippen LogP contribution in [0.25, 0.3) is 16.9 Å². The second kappa shape index (κ2) is 10.1. The van der Waals surface area contributed by atoms with Crippen LogP contribution in [0, 0.1) is 12.7 Å². The first kappa shape index (κ1) is 23.0. The molecule has 8 heteroatoms. The van der Waals surface area contributed by atoms with Crippen molar-refractivity contribution in [2.24, 2.45) is 0 Å². The van der Waals surface area contributed by atoms with Crippen LogP contribution in [0.3, 0.4) is 0 Å². The SMILES string of the molecule is CCN(CC(=O)Nc1nc(-c2ccccc2)cn1-c1ccc(C)c(F)c1)C(=O)NC(C)C. The van der Waals surface area contributed by atoms with E-state index in [1.54, 1.807) is 36.7 Å².